The van der Waals surface area contributed by atoms with Crippen LogP contribution in [0.2, 0.25) is 0 Å². The third kappa shape index (κ3) is 2.91. The Labute approximate surface area is 116 Å². The summed E-state index contributed by atoms with van der Waals surface area (Å²) in [5.41, 5.74) is 7.64. The van der Waals surface area contributed by atoms with Crippen molar-refractivity contribution in [3.05, 3.63) is 28.2 Å². The van der Waals surface area contributed by atoms with E-state index < -0.39 is 0 Å². The van der Waals surface area contributed by atoms with E-state index in [2.05, 4.69) is 20.8 Å². The second-order valence-electron chi connectivity index (χ2n) is 4.54. The lowest BCUT2D eigenvalue weighted by atomic mass is 10.2. The van der Waals surface area contributed by atoms with Gasteiger partial charge in [0.15, 0.2) is 0 Å². The molecule has 0 radical (unpaired) electrons. The zero-order valence-electron chi connectivity index (χ0n) is 10.5. The molecule has 0 bridgehead atoms. The molecule has 1 amide bonds. The van der Waals surface area contributed by atoms with E-state index in [9.17, 15) is 4.79 Å². The monoisotopic (exact) mass is 311 g/mol. The number of piperazine rings is 1. The topological polar surface area (TPSA) is 49.6 Å². The van der Waals surface area contributed by atoms with Gasteiger partial charge >= 0.3 is 0 Å². The van der Waals surface area contributed by atoms with E-state index in [0.717, 1.165) is 35.4 Å². The van der Waals surface area contributed by atoms with Crippen molar-refractivity contribution in [2.24, 2.45) is 5.73 Å². The number of aryl methyl sites for hydroxylation is 1. The first-order chi connectivity index (χ1) is 8.61. The molecule has 2 N–H and O–H groups in total. The number of carbonyl (C=O) groups excluding carboxylic acids is 1. The van der Waals surface area contributed by atoms with E-state index in [1.54, 1.807) is 0 Å². The van der Waals surface area contributed by atoms with Crippen molar-refractivity contribution in [1.82, 2.24) is 4.90 Å². The molecule has 1 fully saturated rings. The average Bonchev–Trinajstić information content (AvgIpc) is 2.34. The second-order valence-corrected chi connectivity index (χ2v) is 5.40. The molecule has 98 valence electrons. The number of amides is 1. The van der Waals surface area contributed by atoms with Crippen LogP contribution < -0.4 is 10.6 Å². The summed E-state index contributed by atoms with van der Waals surface area (Å²) in [6.45, 7) is 5.51. The minimum Gasteiger partial charge on any atom is -0.329 e. The van der Waals surface area contributed by atoms with Crippen LogP contribution in [0, 0.1) is 6.92 Å². The van der Waals surface area contributed by atoms with Crippen LogP contribution in [0.15, 0.2) is 22.7 Å². The molecule has 0 unspecified atom stereocenters. The Kier molecular flexibility index (Phi) is 4.37. The zero-order valence-corrected chi connectivity index (χ0v) is 12.1. The maximum Gasteiger partial charge on any atom is 0.241 e. The molecule has 1 saturated heterocycles. The summed E-state index contributed by atoms with van der Waals surface area (Å²) in [6, 6.07) is 6.01. The number of anilines is 1. The zero-order chi connectivity index (χ0) is 13.1. The highest BCUT2D eigenvalue weighted by Gasteiger charge is 2.24. The van der Waals surface area contributed by atoms with Crippen LogP contribution in [-0.4, -0.2) is 43.5 Å². The first-order valence-electron chi connectivity index (χ1n) is 6.11. The van der Waals surface area contributed by atoms with Crippen LogP contribution in [0.3, 0.4) is 0 Å². The number of hydrogen-bond donors (Lipinski definition) is 1. The molecule has 1 aliphatic heterocycles. The van der Waals surface area contributed by atoms with Crippen molar-refractivity contribution in [2.75, 3.05) is 37.6 Å². The van der Waals surface area contributed by atoms with Crippen molar-refractivity contribution in [2.45, 2.75) is 6.92 Å². The van der Waals surface area contributed by atoms with Crippen molar-refractivity contribution in [3.8, 4) is 0 Å². The average molecular weight is 312 g/mol. The molecular formula is C13H18BrN3O. The summed E-state index contributed by atoms with van der Waals surface area (Å²) in [4.78, 5) is 16.1. The van der Waals surface area contributed by atoms with E-state index in [0.29, 0.717) is 13.1 Å². The van der Waals surface area contributed by atoms with E-state index in [1.807, 2.05) is 30.0 Å². The Bertz CT molecular complexity index is 450. The fourth-order valence-electron chi connectivity index (χ4n) is 2.17. The lowest BCUT2D eigenvalue weighted by Crippen LogP contribution is -2.51. The molecule has 1 aliphatic rings. The highest BCUT2D eigenvalue weighted by Crippen LogP contribution is 2.24. The Morgan fingerprint density at radius 3 is 2.78 bits per heavy atom. The first kappa shape index (κ1) is 13.5. The van der Waals surface area contributed by atoms with Gasteiger partial charge in [0, 0.05) is 36.3 Å². The van der Waals surface area contributed by atoms with Gasteiger partial charge in [0.1, 0.15) is 0 Å². The summed E-state index contributed by atoms with van der Waals surface area (Å²) in [5, 5.41) is 0. The molecule has 1 heterocycles. The quantitative estimate of drug-likeness (QED) is 0.917. The third-order valence-corrected chi connectivity index (χ3v) is 4.09. The normalized spacial score (nSPS) is 17.3. The number of benzene rings is 1. The van der Waals surface area contributed by atoms with Gasteiger partial charge in [-0.3, -0.25) is 9.69 Å². The summed E-state index contributed by atoms with van der Waals surface area (Å²) in [5.74, 6) is 0.149. The summed E-state index contributed by atoms with van der Waals surface area (Å²) in [6.07, 6.45) is 0. The molecule has 1 aromatic carbocycles. The Morgan fingerprint density at radius 2 is 2.17 bits per heavy atom. The van der Waals surface area contributed by atoms with Crippen molar-refractivity contribution in [3.63, 3.8) is 0 Å². The highest BCUT2D eigenvalue weighted by molar-refractivity contribution is 9.10. The third-order valence-electron chi connectivity index (χ3n) is 3.20. The van der Waals surface area contributed by atoms with Crippen molar-refractivity contribution < 1.29 is 4.79 Å². The summed E-state index contributed by atoms with van der Waals surface area (Å²) >= 11 is 3.47. The number of carbonyl (C=O) groups is 1. The van der Waals surface area contributed by atoms with Crippen LogP contribution >= 0.6 is 15.9 Å². The van der Waals surface area contributed by atoms with Gasteiger partial charge in [-0.05, 0) is 30.7 Å². The SMILES string of the molecule is Cc1cc(N2CCN(CCN)CC2=O)ccc1Br. The van der Waals surface area contributed by atoms with E-state index in [1.165, 1.54) is 0 Å². The van der Waals surface area contributed by atoms with Crippen LogP contribution in [0.1, 0.15) is 5.56 Å². The fourth-order valence-corrected chi connectivity index (χ4v) is 2.41. The number of hydrogen-bond acceptors (Lipinski definition) is 3. The number of rotatable bonds is 3. The lowest BCUT2D eigenvalue weighted by Gasteiger charge is -2.34. The van der Waals surface area contributed by atoms with Gasteiger partial charge in [0.2, 0.25) is 5.91 Å². The standard InChI is InChI=1S/C13H18BrN3O/c1-10-8-11(2-3-12(10)14)17-7-6-16(5-4-15)9-13(17)18/h2-3,8H,4-7,9,15H2,1H3. The van der Waals surface area contributed by atoms with Gasteiger partial charge < -0.3 is 10.6 Å². The molecule has 2 rings (SSSR count). The van der Waals surface area contributed by atoms with Crippen LogP contribution in [0.4, 0.5) is 5.69 Å². The summed E-state index contributed by atoms with van der Waals surface area (Å²) < 4.78 is 1.07. The van der Waals surface area contributed by atoms with E-state index in [-0.39, 0.29) is 5.91 Å². The Hall–Kier alpha value is -0.910. The maximum absolute atomic E-state index is 12.1. The smallest absolute Gasteiger partial charge is 0.241 e. The molecule has 0 spiro atoms. The maximum atomic E-state index is 12.1. The lowest BCUT2D eigenvalue weighted by molar-refractivity contribution is -0.121. The summed E-state index contributed by atoms with van der Waals surface area (Å²) in [7, 11) is 0. The Balaban J connectivity index is 2.10. The van der Waals surface area contributed by atoms with Crippen LogP contribution in [-0.2, 0) is 4.79 Å². The predicted molar refractivity (Wildman–Crippen MR) is 76.7 cm³/mol. The molecule has 4 nitrogen and oxygen atoms in total. The van der Waals surface area contributed by atoms with Gasteiger partial charge in [-0.25, -0.2) is 0 Å². The Morgan fingerprint density at radius 1 is 1.39 bits per heavy atom. The highest BCUT2D eigenvalue weighted by atomic mass is 79.9. The number of nitrogens with zero attached hydrogens (tertiary/aromatic N) is 2. The second kappa shape index (κ2) is 5.82. The van der Waals surface area contributed by atoms with E-state index in [4.69, 9.17) is 5.73 Å². The first-order valence-corrected chi connectivity index (χ1v) is 6.90. The number of nitrogens with two attached hydrogens (primary N) is 1. The van der Waals surface area contributed by atoms with Crippen LogP contribution in [0.25, 0.3) is 0 Å². The molecule has 18 heavy (non-hydrogen) atoms. The fraction of sp³-hybridized carbons (Fsp3) is 0.462. The van der Waals surface area contributed by atoms with Crippen molar-refractivity contribution >= 4 is 27.5 Å². The predicted octanol–water partition coefficient (Wildman–Crippen LogP) is 1.36. The van der Waals surface area contributed by atoms with Crippen molar-refractivity contribution in [1.29, 1.82) is 0 Å². The largest absolute Gasteiger partial charge is 0.329 e. The minimum absolute atomic E-state index is 0.149. The molecule has 0 saturated carbocycles. The number of halogens is 1. The molecule has 1 aromatic rings. The van der Waals surface area contributed by atoms with Gasteiger partial charge in [-0.15, -0.1) is 0 Å². The van der Waals surface area contributed by atoms with Gasteiger partial charge in [-0.2, -0.15) is 0 Å². The molecular weight excluding hydrogens is 294 g/mol. The molecule has 0 aromatic heterocycles. The van der Waals surface area contributed by atoms with Gasteiger partial charge in [-0.1, -0.05) is 15.9 Å². The van der Waals surface area contributed by atoms with E-state index >= 15 is 0 Å². The van der Waals surface area contributed by atoms with Gasteiger partial charge in [0.05, 0.1) is 6.54 Å². The molecule has 5 heteroatoms. The molecule has 0 atom stereocenters. The van der Waals surface area contributed by atoms with Gasteiger partial charge in [0.25, 0.3) is 0 Å². The minimum atomic E-state index is 0.149. The van der Waals surface area contributed by atoms with Crippen LogP contribution in [0.5, 0.6) is 0 Å². The molecule has 0 aliphatic carbocycles.